The van der Waals surface area contributed by atoms with Gasteiger partial charge in [0, 0.05) is 19.3 Å². The quantitative estimate of drug-likeness (QED) is 0.735. The molecule has 0 aliphatic carbocycles. The van der Waals surface area contributed by atoms with E-state index in [0.29, 0.717) is 13.0 Å². The summed E-state index contributed by atoms with van der Waals surface area (Å²) in [6.07, 6.45) is 3.83. The van der Waals surface area contributed by atoms with Crippen LogP contribution in [0.4, 0.5) is 5.82 Å². The molecule has 1 N–H and O–H groups in total. The summed E-state index contributed by atoms with van der Waals surface area (Å²) in [6, 6.07) is 1.80. The van der Waals surface area contributed by atoms with Crippen LogP contribution in [0.5, 0.6) is 0 Å². The molecule has 0 radical (unpaired) electrons. The van der Waals surface area contributed by atoms with Crippen molar-refractivity contribution in [2.75, 3.05) is 18.0 Å². The van der Waals surface area contributed by atoms with Gasteiger partial charge in [0.05, 0.1) is 5.92 Å². The third-order valence-electron chi connectivity index (χ3n) is 2.43. The Morgan fingerprint density at radius 2 is 2.50 bits per heavy atom. The molecule has 0 bridgehead atoms. The highest BCUT2D eigenvalue weighted by Gasteiger charge is 2.28. The fourth-order valence-corrected chi connectivity index (χ4v) is 1.64. The fraction of sp³-hybridized carbons (Fsp3) is 0.444. The summed E-state index contributed by atoms with van der Waals surface area (Å²) in [6.45, 7) is 1.31. The van der Waals surface area contributed by atoms with E-state index in [4.69, 9.17) is 5.11 Å². The lowest BCUT2D eigenvalue weighted by Gasteiger charge is -2.15. The van der Waals surface area contributed by atoms with E-state index in [-0.39, 0.29) is 5.92 Å². The molecule has 1 aliphatic rings. The van der Waals surface area contributed by atoms with Gasteiger partial charge in [0.15, 0.2) is 0 Å². The first kappa shape index (κ1) is 8.93. The highest BCUT2D eigenvalue weighted by molar-refractivity contribution is 5.71. The third kappa shape index (κ3) is 1.66. The lowest BCUT2D eigenvalue weighted by Crippen LogP contribution is -2.23. The minimum Gasteiger partial charge on any atom is -0.481 e. The molecule has 5 nitrogen and oxygen atoms in total. The molecule has 0 saturated carbocycles. The molecule has 2 heterocycles. The summed E-state index contributed by atoms with van der Waals surface area (Å²) in [5.41, 5.74) is 0. The average Bonchev–Trinajstić information content (AvgIpc) is 2.68. The van der Waals surface area contributed by atoms with E-state index < -0.39 is 5.97 Å². The smallest absolute Gasteiger partial charge is 0.308 e. The molecule has 74 valence electrons. The number of carboxylic acids is 1. The summed E-state index contributed by atoms with van der Waals surface area (Å²) >= 11 is 0. The van der Waals surface area contributed by atoms with Crippen molar-refractivity contribution in [1.82, 2.24) is 9.97 Å². The van der Waals surface area contributed by atoms with Crippen molar-refractivity contribution in [3.05, 3.63) is 18.6 Å². The minimum atomic E-state index is -0.721. The van der Waals surface area contributed by atoms with E-state index in [1.54, 1.807) is 12.3 Å². The van der Waals surface area contributed by atoms with Crippen molar-refractivity contribution in [3.63, 3.8) is 0 Å². The molecule has 1 atom stereocenters. The van der Waals surface area contributed by atoms with Crippen LogP contribution < -0.4 is 4.90 Å². The van der Waals surface area contributed by atoms with Gasteiger partial charge in [0.1, 0.15) is 12.1 Å². The SMILES string of the molecule is O=C(O)C1CCN(c2ccncn2)C1. The van der Waals surface area contributed by atoms with Crippen LogP contribution in [0, 0.1) is 5.92 Å². The van der Waals surface area contributed by atoms with Gasteiger partial charge in [0.25, 0.3) is 0 Å². The monoisotopic (exact) mass is 193 g/mol. The normalized spacial score (nSPS) is 21.1. The predicted molar refractivity (Wildman–Crippen MR) is 50.0 cm³/mol. The van der Waals surface area contributed by atoms with Gasteiger partial charge >= 0.3 is 5.97 Å². The van der Waals surface area contributed by atoms with Gasteiger partial charge in [0.2, 0.25) is 0 Å². The molecule has 1 aromatic heterocycles. The van der Waals surface area contributed by atoms with Crippen LogP contribution >= 0.6 is 0 Å². The number of hydrogen-bond acceptors (Lipinski definition) is 4. The summed E-state index contributed by atoms with van der Waals surface area (Å²) in [5, 5.41) is 8.82. The van der Waals surface area contributed by atoms with Crippen LogP contribution in [0.15, 0.2) is 18.6 Å². The molecule has 1 saturated heterocycles. The first-order chi connectivity index (χ1) is 6.77. The van der Waals surface area contributed by atoms with Crippen LogP contribution in [-0.2, 0) is 4.79 Å². The summed E-state index contributed by atoms with van der Waals surface area (Å²) < 4.78 is 0. The van der Waals surface area contributed by atoms with Gasteiger partial charge in [-0.2, -0.15) is 0 Å². The Balaban J connectivity index is 2.06. The molecule has 5 heteroatoms. The average molecular weight is 193 g/mol. The van der Waals surface area contributed by atoms with Crippen LogP contribution in [-0.4, -0.2) is 34.1 Å². The number of rotatable bonds is 2. The van der Waals surface area contributed by atoms with Crippen molar-refractivity contribution < 1.29 is 9.90 Å². The van der Waals surface area contributed by atoms with Crippen LogP contribution in [0.3, 0.4) is 0 Å². The zero-order valence-electron chi connectivity index (χ0n) is 7.63. The maximum absolute atomic E-state index is 10.7. The van der Waals surface area contributed by atoms with Crippen molar-refractivity contribution in [1.29, 1.82) is 0 Å². The van der Waals surface area contributed by atoms with Crippen molar-refractivity contribution in [2.24, 2.45) is 5.92 Å². The van der Waals surface area contributed by atoms with Gasteiger partial charge in [-0.1, -0.05) is 0 Å². The summed E-state index contributed by atoms with van der Waals surface area (Å²) in [4.78, 5) is 20.6. The Morgan fingerprint density at radius 1 is 1.64 bits per heavy atom. The lowest BCUT2D eigenvalue weighted by molar-refractivity contribution is -0.140. The first-order valence-electron chi connectivity index (χ1n) is 4.51. The molecule has 0 amide bonds. The van der Waals surface area contributed by atoms with Crippen molar-refractivity contribution >= 4 is 11.8 Å². The number of aliphatic carboxylic acids is 1. The zero-order valence-corrected chi connectivity index (χ0v) is 7.63. The maximum Gasteiger partial charge on any atom is 0.308 e. The van der Waals surface area contributed by atoms with E-state index >= 15 is 0 Å². The minimum absolute atomic E-state index is 0.259. The molecule has 1 aliphatic heterocycles. The highest BCUT2D eigenvalue weighted by atomic mass is 16.4. The second-order valence-corrected chi connectivity index (χ2v) is 3.34. The van der Waals surface area contributed by atoms with Gasteiger partial charge in [-0.05, 0) is 12.5 Å². The Kier molecular flexibility index (Phi) is 2.30. The van der Waals surface area contributed by atoms with Gasteiger partial charge in [-0.15, -0.1) is 0 Å². The molecule has 0 spiro atoms. The van der Waals surface area contributed by atoms with E-state index in [9.17, 15) is 4.79 Å². The van der Waals surface area contributed by atoms with Gasteiger partial charge in [-0.3, -0.25) is 4.79 Å². The number of carboxylic acid groups (broad SMARTS) is 1. The second-order valence-electron chi connectivity index (χ2n) is 3.34. The lowest BCUT2D eigenvalue weighted by atomic mass is 10.1. The van der Waals surface area contributed by atoms with Crippen molar-refractivity contribution in [2.45, 2.75) is 6.42 Å². The van der Waals surface area contributed by atoms with Crippen LogP contribution in [0.25, 0.3) is 0 Å². The fourth-order valence-electron chi connectivity index (χ4n) is 1.64. The topological polar surface area (TPSA) is 66.3 Å². The number of hydrogen-bond donors (Lipinski definition) is 1. The van der Waals surface area contributed by atoms with Crippen LogP contribution in [0.2, 0.25) is 0 Å². The third-order valence-corrected chi connectivity index (χ3v) is 2.43. The molecule has 1 unspecified atom stereocenters. The molecule has 1 fully saturated rings. The Bertz CT molecular complexity index is 328. The number of carbonyl (C=O) groups is 1. The summed E-state index contributed by atoms with van der Waals surface area (Å²) in [5.74, 6) is -0.171. The number of nitrogens with zero attached hydrogens (tertiary/aromatic N) is 3. The summed E-state index contributed by atoms with van der Waals surface area (Å²) in [7, 11) is 0. The van der Waals surface area contributed by atoms with E-state index in [2.05, 4.69) is 9.97 Å². The van der Waals surface area contributed by atoms with Gasteiger partial charge < -0.3 is 10.0 Å². The van der Waals surface area contributed by atoms with Crippen molar-refractivity contribution in [3.8, 4) is 0 Å². The van der Waals surface area contributed by atoms with Gasteiger partial charge in [-0.25, -0.2) is 9.97 Å². The molecule has 14 heavy (non-hydrogen) atoms. The van der Waals surface area contributed by atoms with E-state index in [1.165, 1.54) is 6.33 Å². The Morgan fingerprint density at radius 3 is 3.07 bits per heavy atom. The molecule has 1 aromatic rings. The predicted octanol–water partition coefficient (Wildman–Crippen LogP) is 0.387. The highest BCUT2D eigenvalue weighted by Crippen LogP contribution is 2.21. The zero-order chi connectivity index (χ0) is 9.97. The molecular weight excluding hydrogens is 182 g/mol. The number of anilines is 1. The van der Waals surface area contributed by atoms with Crippen LogP contribution in [0.1, 0.15) is 6.42 Å². The molecular formula is C9H11N3O2. The largest absolute Gasteiger partial charge is 0.481 e. The Labute approximate surface area is 81.4 Å². The standard InChI is InChI=1S/C9H11N3O2/c13-9(14)7-2-4-12(5-7)8-1-3-10-6-11-8/h1,3,6-7H,2,4-5H2,(H,13,14). The molecule has 0 aromatic carbocycles. The first-order valence-corrected chi connectivity index (χ1v) is 4.51. The Hall–Kier alpha value is -1.65. The molecule has 2 rings (SSSR count). The van der Waals surface area contributed by atoms with E-state index in [0.717, 1.165) is 12.4 Å². The number of aromatic nitrogens is 2. The maximum atomic E-state index is 10.7. The van der Waals surface area contributed by atoms with E-state index in [1.807, 2.05) is 4.90 Å². The second kappa shape index (κ2) is 3.61.